The third kappa shape index (κ3) is 3.63. The minimum atomic E-state index is 0.0600. The lowest BCUT2D eigenvalue weighted by Crippen LogP contribution is -2.23. The zero-order chi connectivity index (χ0) is 11.3. The molecule has 1 heterocycles. The highest BCUT2D eigenvalue weighted by molar-refractivity contribution is 4.92. The average Bonchev–Trinajstić information content (AvgIpc) is 2.59. The second-order valence-electron chi connectivity index (χ2n) is 4.59. The Labute approximate surface area is 91.7 Å². The molecule has 15 heavy (non-hydrogen) atoms. The molecule has 0 atom stereocenters. The fourth-order valence-corrected chi connectivity index (χ4v) is 1.47. The highest BCUT2D eigenvalue weighted by Gasteiger charge is 2.16. The molecule has 0 saturated heterocycles. The Bertz CT molecular complexity index is 288. The summed E-state index contributed by atoms with van der Waals surface area (Å²) in [6.45, 7) is 10.1. The Morgan fingerprint density at radius 1 is 1.40 bits per heavy atom. The van der Waals surface area contributed by atoms with Gasteiger partial charge in [-0.25, -0.2) is 0 Å². The van der Waals surface area contributed by atoms with Crippen molar-refractivity contribution in [3.63, 3.8) is 0 Å². The van der Waals surface area contributed by atoms with Crippen LogP contribution in [0.5, 0.6) is 0 Å². The number of aromatic nitrogens is 3. The van der Waals surface area contributed by atoms with Crippen LogP contribution in [0, 0.1) is 0 Å². The molecule has 0 radical (unpaired) electrons. The summed E-state index contributed by atoms with van der Waals surface area (Å²) in [4.78, 5) is 0. The van der Waals surface area contributed by atoms with Crippen LogP contribution < -0.4 is 0 Å². The van der Waals surface area contributed by atoms with E-state index in [-0.39, 0.29) is 5.54 Å². The zero-order valence-corrected chi connectivity index (χ0v) is 10.2. The van der Waals surface area contributed by atoms with Gasteiger partial charge in [0.25, 0.3) is 0 Å². The molecule has 0 bridgehead atoms. The van der Waals surface area contributed by atoms with E-state index in [0.717, 1.165) is 31.9 Å². The van der Waals surface area contributed by atoms with Crippen LogP contribution in [0.4, 0.5) is 0 Å². The minimum Gasteiger partial charge on any atom is -0.382 e. The van der Waals surface area contributed by atoms with Gasteiger partial charge < -0.3 is 9.30 Å². The Hall–Kier alpha value is -0.900. The third-order valence-electron chi connectivity index (χ3n) is 2.23. The standard InChI is InChI=1S/C11H21N3O/c1-5-15-8-6-7-10-13-12-9-14(10)11(2,3)4/h9H,5-8H2,1-4H3. The van der Waals surface area contributed by atoms with Crippen molar-refractivity contribution in [3.8, 4) is 0 Å². The van der Waals surface area contributed by atoms with Crippen LogP contribution >= 0.6 is 0 Å². The molecule has 86 valence electrons. The van der Waals surface area contributed by atoms with Gasteiger partial charge in [-0.1, -0.05) is 0 Å². The van der Waals surface area contributed by atoms with Gasteiger partial charge in [-0.2, -0.15) is 0 Å². The maximum absolute atomic E-state index is 5.30. The van der Waals surface area contributed by atoms with Crippen LogP contribution in [0.3, 0.4) is 0 Å². The number of hydrogen-bond donors (Lipinski definition) is 0. The number of hydrogen-bond acceptors (Lipinski definition) is 3. The van der Waals surface area contributed by atoms with Crippen LogP contribution in [0.25, 0.3) is 0 Å². The molecule has 0 saturated carbocycles. The molecular formula is C11H21N3O. The smallest absolute Gasteiger partial charge is 0.133 e. The van der Waals surface area contributed by atoms with E-state index in [0.29, 0.717) is 0 Å². The molecule has 0 unspecified atom stereocenters. The Kier molecular flexibility index (Phi) is 4.27. The van der Waals surface area contributed by atoms with Crippen LogP contribution in [-0.2, 0) is 16.7 Å². The largest absolute Gasteiger partial charge is 0.382 e. The molecule has 1 aromatic heterocycles. The van der Waals surface area contributed by atoms with Gasteiger partial charge in [-0.05, 0) is 34.1 Å². The van der Waals surface area contributed by atoms with Gasteiger partial charge in [0.05, 0.1) is 0 Å². The topological polar surface area (TPSA) is 39.9 Å². The van der Waals surface area contributed by atoms with Crippen LogP contribution in [0.1, 0.15) is 39.9 Å². The number of ether oxygens (including phenoxy) is 1. The summed E-state index contributed by atoms with van der Waals surface area (Å²) in [6, 6.07) is 0. The van der Waals surface area contributed by atoms with Crippen molar-refractivity contribution < 1.29 is 4.74 Å². The molecule has 0 spiro atoms. The van der Waals surface area contributed by atoms with Crippen LogP contribution in [0.15, 0.2) is 6.33 Å². The minimum absolute atomic E-state index is 0.0600. The quantitative estimate of drug-likeness (QED) is 0.699. The monoisotopic (exact) mass is 211 g/mol. The van der Waals surface area contributed by atoms with Gasteiger partial charge in [-0.3, -0.25) is 0 Å². The molecule has 4 nitrogen and oxygen atoms in total. The number of rotatable bonds is 5. The van der Waals surface area contributed by atoms with E-state index in [4.69, 9.17) is 4.74 Å². The summed E-state index contributed by atoms with van der Waals surface area (Å²) >= 11 is 0. The lowest BCUT2D eigenvalue weighted by atomic mass is 10.1. The van der Waals surface area contributed by atoms with Crippen LogP contribution in [-0.4, -0.2) is 28.0 Å². The number of aryl methyl sites for hydroxylation is 1. The SMILES string of the molecule is CCOCCCc1nncn1C(C)(C)C. The molecular weight excluding hydrogens is 190 g/mol. The van der Waals surface area contributed by atoms with Crippen molar-refractivity contribution in [3.05, 3.63) is 12.2 Å². The van der Waals surface area contributed by atoms with E-state index in [9.17, 15) is 0 Å². The van der Waals surface area contributed by atoms with Crippen LogP contribution in [0.2, 0.25) is 0 Å². The van der Waals surface area contributed by atoms with Gasteiger partial charge in [-0.15, -0.1) is 10.2 Å². The Morgan fingerprint density at radius 3 is 2.73 bits per heavy atom. The van der Waals surface area contributed by atoms with Crippen molar-refractivity contribution in [2.75, 3.05) is 13.2 Å². The van der Waals surface area contributed by atoms with E-state index in [2.05, 4.69) is 35.5 Å². The highest BCUT2D eigenvalue weighted by atomic mass is 16.5. The molecule has 1 aromatic rings. The van der Waals surface area contributed by atoms with Crippen molar-refractivity contribution in [1.82, 2.24) is 14.8 Å². The van der Waals surface area contributed by atoms with Crippen molar-refractivity contribution in [2.24, 2.45) is 0 Å². The summed E-state index contributed by atoms with van der Waals surface area (Å²) in [5, 5.41) is 8.10. The van der Waals surface area contributed by atoms with Gasteiger partial charge in [0.2, 0.25) is 0 Å². The maximum atomic E-state index is 5.30. The molecule has 0 aliphatic heterocycles. The van der Waals surface area contributed by atoms with Gasteiger partial charge >= 0.3 is 0 Å². The van der Waals surface area contributed by atoms with E-state index in [1.807, 2.05) is 6.92 Å². The molecule has 0 N–H and O–H groups in total. The van der Waals surface area contributed by atoms with Gasteiger partial charge in [0.15, 0.2) is 0 Å². The maximum Gasteiger partial charge on any atom is 0.133 e. The third-order valence-corrected chi connectivity index (χ3v) is 2.23. The Morgan fingerprint density at radius 2 is 2.13 bits per heavy atom. The normalized spacial score (nSPS) is 12.0. The Balaban J connectivity index is 2.51. The lowest BCUT2D eigenvalue weighted by Gasteiger charge is -2.22. The molecule has 1 rings (SSSR count). The van der Waals surface area contributed by atoms with E-state index < -0.39 is 0 Å². The summed E-state index contributed by atoms with van der Waals surface area (Å²) in [7, 11) is 0. The summed E-state index contributed by atoms with van der Waals surface area (Å²) in [5.41, 5.74) is 0.0600. The predicted octanol–water partition coefficient (Wildman–Crippen LogP) is 2.00. The molecule has 0 aliphatic rings. The first-order valence-electron chi connectivity index (χ1n) is 5.53. The fourth-order valence-electron chi connectivity index (χ4n) is 1.47. The summed E-state index contributed by atoms with van der Waals surface area (Å²) < 4.78 is 7.42. The fraction of sp³-hybridized carbons (Fsp3) is 0.818. The second kappa shape index (κ2) is 5.26. The van der Waals surface area contributed by atoms with E-state index in [1.54, 1.807) is 6.33 Å². The first-order chi connectivity index (χ1) is 7.05. The molecule has 0 aliphatic carbocycles. The first kappa shape index (κ1) is 12.2. The predicted molar refractivity (Wildman–Crippen MR) is 59.8 cm³/mol. The summed E-state index contributed by atoms with van der Waals surface area (Å²) in [5.74, 6) is 1.04. The first-order valence-corrected chi connectivity index (χ1v) is 5.53. The van der Waals surface area contributed by atoms with Crippen molar-refractivity contribution in [2.45, 2.75) is 46.1 Å². The molecule has 0 aromatic carbocycles. The lowest BCUT2D eigenvalue weighted by molar-refractivity contribution is 0.144. The van der Waals surface area contributed by atoms with Gasteiger partial charge in [0, 0.05) is 25.2 Å². The molecule has 0 amide bonds. The zero-order valence-electron chi connectivity index (χ0n) is 10.2. The van der Waals surface area contributed by atoms with Crippen molar-refractivity contribution >= 4 is 0 Å². The average molecular weight is 211 g/mol. The van der Waals surface area contributed by atoms with E-state index in [1.165, 1.54) is 0 Å². The molecule has 4 heteroatoms. The number of nitrogens with zero attached hydrogens (tertiary/aromatic N) is 3. The second-order valence-corrected chi connectivity index (χ2v) is 4.59. The van der Waals surface area contributed by atoms with Gasteiger partial charge in [0.1, 0.15) is 12.2 Å². The molecule has 0 fully saturated rings. The highest BCUT2D eigenvalue weighted by Crippen LogP contribution is 2.15. The van der Waals surface area contributed by atoms with E-state index >= 15 is 0 Å². The summed E-state index contributed by atoms with van der Waals surface area (Å²) in [6.07, 6.45) is 3.73. The van der Waals surface area contributed by atoms with Crippen molar-refractivity contribution in [1.29, 1.82) is 0 Å².